The van der Waals surface area contributed by atoms with E-state index < -0.39 is 4.92 Å². The van der Waals surface area contributed by atoms with Gasteiger partial charge >= 0.3 is 5.69 Å². The molecule has 0 bridgehead atoms. The van der Waals surface area contributed by atoms with Gasteiger partial charge in [0.1, 0.15) is 11.5 Å². The summed E-state index contributed by atoms with van der Waals surface area (Å²) < 4.78 is 10.2. The lowest BCUT2D eigenvalue weighted by Gasteiger charge is -1.87. The van der Waals surface area contributed by atoms with Gasteiger partial charge in [0.25, 0.3) is 0 Å². The Morgan fingerprint density at radius 3 is 2.71 bits per heavy atom. The molecule has 0 aliphatic carbocycles. The van der Waals surface area contributed by atoms with Gasteiger partial charge in [-0.25, -0.2) is 0 Å². The van der Waals surface area contributed by atoms with Crippen LogP contribution in [0.25, 0.3) is 12.2 Å². The Morgan fingerprint density at radius 2 is 2.12 bits per heavy atom. The maximum Gasteiger partial charge on any atom is 0.338 e. The zero-order valence-corrected chi connectivity index (χ0v) is 9.34. The molecule has 88 valence electrons. The third-order valence-corrected chi connectivity index (χ3v) is 2.20. The highest BCUT2D eigenvalue weighted by Gasteiger charge is 2.21. The Morgan fingerprint density at radius 1 is 1.35 bits per heavy atom. The van der Waals surface area contributed by atoms with Crippen LogP contribution in [-0.4, -0.2) is 10.1 Å². The fraction of sp³-hybridized carbons (Fsp3) is 0.182. The van der Waals surface area contributed by atoms with Crippen LogP contribution in [0, 0.1) is 24.0 Å². The van der Waals surface area contributed by atoms with E-state index in [-0.39, 0.29) is 17.1 Å². The van der Waals surface area contributed by atoms with Crippen LogP contribution < -0.4 is 0 Å². The molecule has 6 nitrogen and oxygen atoms in total. The van der Waals surface area contributed by atoms with Crippen molar-refractivity contribution in [1.29, 1.82) is 0 Å². The molecule has 17 heavy (non-hydrogen) atoms. The Bertz CT molecular complexity index is 580. The molecule has 0 atom stereocenters. The van der Waals surface area contributed by atoms with Gasteiger partial charge in [0.15, 0.2) is 5.69 Å². The van der Waals surface area contributed by atoms with Crippen molar-refractivity contribution in [2.45, 2.75) is 13.8 Å². The molecule has 0 radical (unpaired) electrons. The van der Waals surface area contributed by atoms with E-state index >= 15 is 0 Å². The molecule has 2 aromatic heterocycles. The molecule has 0 aromatic carbocycles. The lowest BCUT2D eigenvalue weighted by atomic mass is 10.3. The van der Waals surface area contributed by atoms with Gasteiger partial charge in [0, 0.05) is 0 Å². The Balaban J connectivity index is 2.30. The van der Waals surface area contributed by atoms with E-state index in [1.165, 1.54) is 13.0 Å². The molecule has 0 saturated carbocycles. The highest BCUT2D eigenvalue weighted by atomic mass is 16.6. The predicted octanol–water partition coefficient (Wildman–Crippen LogP) is 2.96. The Labute approximate surface area is 96.7 Å². The first-order chi connectivity index (χ1) is 8.08. The van der Waals surface area contributed by atoms with Gasteiger partial charge in [-0.15, -0.1) is 0 Å². The number of rotatable bonds is 3. The van der Waals surface area contributed by atoms with Gasteiger partial charge in [-0.05, 0) is 38.1 Å². The van der Waals surface area contributed by atoms with Crippen LogP contribution in [0.3, 0.4) is 0 Å². The van der Waals surface area contributed by atoms with Gasteiger partial charge in [-0.2, -0.15) is 0 Å². The molecular weight excluding hydrogens is 224 g/mol. The van der Waals surface area contributed by atoms with E-state index in [4.69, 9.17) is 8.94 Å². The first kappa shape index (κ1) is 11.1. The maximum atomic E-state index is 10.8. The molecule has 0 amide bonds. The van der Waals surface area contributed by atoms with Crippen LogP contribution in [0.2, 0.25) is 0 Å². The standard InChI is InChI=1S/C11H10N2O4/c1-7-3-4-9(16-7)5-6-10-11(13(14)15)8(2)12-17-10/h3-6H,1-2H3/b6-5+. The molecule has 2 heterocycles. The number of hydrogen-bond acceptors (Lipinski definition) is 5. The van der Waals surface area contributed by atoms with Gasteiger partial charge in [-0.3, -0.25) is 10.1 Å². The number of nitrogens with zero attached hydrogens (tertiary/aromatic N) is 2. The van der Waals surface area contributed by atoms with Crippen LogP contribution >= 0.6 is 0 Å². The molecule has 0 saturated heterocycles. The Kier molecular flexibility index (Phi) is 2.78. The van der Waals surface area contributed by atoms with Crippen LogP contribution in [0.1, 0.15) is 23.0 Å². The van der Waals surface area contributed by atoms with Crippen molar-refractivity contribution in [3.63, 3.8) is 0 Å². The van der Waals surface area contributed by atoms with E-state index in [9.17, 15) is 10.1 Å². The van der Waals surface area contributed by atoms with E-state index in [0.29, 0.717) is 5.76 Å². The Hall–Kier alpha value is -2.37. The van der Waals surface area contributed by atoms with Crippen LogP contribution in [0.4, 0.5) is 5.69 Å². The second-order valence-corrected chi connectivity index (χ2v) is 3.52. The second-order valence-electron chi connectivity index (χ2n) is 3.52. The quantitative estimate of drug-likeness (QED) is 0.602. The summed E-state index contributed by atoms with van der Waals surface area (Å²) in [4.78, 5) is 10.3. The fourth-order valence-electron chi connectivity index (χ4n) is 1.41. The molecule has 0 fully saturated rings. The highest BCUT2D eigenvalue weighted by Crippen LogP contribution is 2.24. The zero-order valence-electron chi connectivity index (χ0n) is 9.34. The van der Waals surface area contributed by atoms with Crippen molar-refractivity contribution < 1.29 is 13.9 Å². The van der Waals surface area contributed by atoms with Crippen molar-refractivity contribution in [2.24, 2.45) is 0 Å². The van der Waals surface area contributed by atoms with Crippen LogP contribution in [0.5, 0.6) is 0 Å². The SMILES string of the molecule is Cc1ccc(/C=C/c2onc(C)c2[N+](=O)[O-])o1. The number of nitro groups is 1. The minimum Gasteiger partial charge on any atom is -0.462 e. The molecule has 0 aliphatic heterocycles. The molecule has 2 aromatic rings. The summed E-state index contributed by atoms with van der Waals surface area (Å²) in [7, 11) is 0. The summed E-state index contributed by atoms with van der Waals surface area (Å²) in [5, 5.41) is 14.3. The van der Waals surface area contributed by atoms with E-state index in [0.717, 1.165) is 5.76 Å². The zero-order chi connectivity index (χ0) is 12.4. The molecular formula is C11H10N2O4. The third-order valence-electron chi connectivity index (χ3n) is 2.20. The average Bonchev–Trinajstić information content (AvgIpc) is 2.82. The number of aromatic nitrogens is 1. The molecule has 0 spiro atoms. The summed E-state index contributed by atoms with van der Waals surface area (Å²) in [6, 6.07) is 3.57. The largest absolute Gasteiger partial charge is 0.462 e. The molecule has 0 N–H and O–H groups in total. The first-order valence-electron chi connectivity index (χ1n) is 4.93. The summed E-state index contributed by atoms with van der Waals surface area (Å²) in [5.74, 6) is 1.49. The van der Waals surface area contributed by atoms with E-state index in [2.05, 4.69) is 5.16 Å². The maximum absolute atomic E-state index is 10.8. The van der Waals surface area contributed by atoms with Crippen molar-refractivity contribution >= 4 is 17.8 Å². The number of furan rings is 1. The highest BCUT2D eigenvalue weighted by molar-refractivity contribution is 5.69. The number of hydrogen-bond donors (Lipinski definition) is 0. The minimum absolute atomic E-state index is 0.113. The van der Waals surface area contributed by atoms with Crippen LogP contribution in [-0.2, 0) is 0 Å². The minimum atomic E-state index is -0.515. The van der Waals surface area contributed by atoms with Gasteiger partial charge in [0.2, 0.25) is 5.76 Å². The van der Waals surface area contributed by atoms with Crippen LogP contribution in [0.15, 0.2) is 21.1 Å². The lowest BCUT2D eigenvalue weighted by molar-refractivity contribution is -0.386. The van der Waals surface area contributed by atoms with E-state index in [1.54, 1.807) is 18.2 Å². The average molecular weight is 234 g/mol. The predicted molar refractivity (Wildman–Crippen MR) is 60.3 cm³/mol. The summed E-state index contributed by atoms with van der Waals surface area (Å²) in [6.07, 6.45) is 3.07. The lowest BCUT2D eigenvalue weighted by Crippen LogP contribution is -1.89. The summed E-state index contributed by atoms with van der Waals surface area (Å²) >= 11 is 0. The van der Waals surface area contributed by atoms with Gasteiger partial charge in [0.05, 0.1) is 4.92 Å². The third kappa shape index (κ3) is 2.25. The van der Waals surface area contributed by atoms with Crippen molar-refractivity contribution in [3.05, 3.63) is 45.2 Å². The molecule has 0 unspecified atom stereocenters. The smallest absolute Gasteiger partial charge is 0.338 e. The van der Waals surface area contributed by atoms with Crippen molar-refractivity contribution in [2.75, 3.05) is 0 Å². The fourth-order valence-corrected chi connectivity index (χ4v) is 1.41. The molecule has 6 heteroatoms. The summed E-state index contributed by atoms with van der Waals surface area (Å²) in [5.41, 5.74) is 0.134. The second kappa shape index (κ2) is 4.25. The first-order valence-corrected chi connectivity index (χ1v) is 4.93. The number of aryl methyl sites for hydroxylation is 2. The van der Waals surface area contributed by atoms with Crippen molar-refractivity contribution in [3.8, 4) is 0 Å². The van der Waals surface area contributed by atoms with Gasteiger partial charge in [-0.1, -0.05) is 5.16 Å². The van der Waals surface area contributed by atoms with E-state index in [1.807, 2.05) is 6.92 Å². The summed E-state index contributed by atoms with van der Waals surface area (Å²) in [6.45, 7) is 3.34. The molecule has 0 aliphatic rings. The van der Waals surface area contributed by atoms with Crippen molar-refractivity contribution in [1.82, 2.24) is 5.16 Å². The van der Waals surface area contributed by atoms with Gasteiger partial charge < -0.3 is 8.94 Å². The normalized spacial score (nSPS) is 11.2. The monoisotopic (exact) mass is 234 g/mol. The molecule has 2 rings (SSSR count). The topological polar surface area (TPSA) is 82.3 Å².